The maximum absolute atomic E-state index is 6.01. The Morgan fingerprint density at radius 3 is 2.94 bits per heavy atom. The average Bonchev–Trinajstić information content (AvgIpc) is 2.28. The summed E-state index contributed by atoms with van der Waals surface area (Å²) in [5.74, 6) is 1.14. The zero-order valence-corrected chi connectivity index (χ0v) is 11.5. The Bertz CT molecular complexity index is 415. The highest BCUT2D eigenvalue weighted by atomic mass is 79.9. The third kappa shape index (κ3) is 3.99. The highest BCUT2D eigenvalue weighted by molar-refractivity contribution is 9.10. The summed E-state index contributed by atoms with van der Waals surface area (Å²) in [5.41, 5.74) is 0. The Hall–Kier alpha value is -0.800. The zero-order chi connectivity index (χ0) is 12.0. The van der Waals surface area contributed by atoms with E-state index in [0.717, 1.165) is 10.9 Å². The van der Waals surface area contributed by atoms with Crippen molar-refractivity contribution in [2.45, 2.75) is 13.3 Å². The molecule has 1 aromatic carbocycles. The number of allylic oxidation sites excluding steroid dienone is 1. The zero-order valence-electron chi connectivity index (χ0n) is 9.21. The van der Waals surface area contributed by atoms with Crippen LogP contribution in [0.2, 0.25) is 5.02 Å². The van der Waals surface area contributed by atoms with Crippen LogP contribution in [0.4, 0.5) is 0 Å². The number of nitrogens with zero attached hydrogens (tertiary/aromatic N) is 1. The van der Waals surface area contributed by atoms with Crippen LogP contribution in [-0.2, 0) is 0 Å². The summed E-state index contributed by atoms with van der Waals surface area (Å²) in [6.45, 7) is 2.05. The Kier molecular flexibility index (Phi) is 5.56. The lowest BCUT2D eigenvalue weighted by Gasteiger charge is -2.07. The average molecular weight is 303 g/mol. The number of benzene rings is 1. The summed E-state index contributed by atoms with van der Waals surface area (Å²) in [5, 5.41) is 0.564. The molecule has 1 rings (SSSR count). The second-order valence-electron chi connectivity index (χ2n) is 3.05. The van der Waals surface area contributed by atoms with E-state index in [0.29, 0.717) is 16.7 Å². The summed E-state index contributed by atoms with van der Waals surface area (Å²) in [6.07, 6.45) is 4.75. The first-order valence-corrected chi connectivity index (χ1v) is 6.10. The van der Waals surface area contributed by atoms with Crippen LogP contribution in [0.1, 0.15) is 13.3 Å². The third-order valence-electron chi connectivity index (χ3n) is 1.82. The largest absolute Gasteiger partial charge is 0.438 e. The second-order valence-corrected chi connectivity index (χ2v) is 4.37. The lowest BCUT2D eigenvalue weighted by molar-refractivity contribution is 0.554. The van der Waals surface area contributed by atoms with Crippen molar-refractivity contribution in [3.05, 3.63) is 39.8 Å². The minimum absolute atomic E-state index is 0.543. The molecule has 0 radical (unpaired) electrons. The molecule has 0 aliphatic heterocycles. The highest BCUT2D eigenvalue weighted by Crippen LogP contribution is 2.28. The number of hydrogen-bond acceptors (Lipinski definition) is 2. The molecule has 0 unspecified atom stereocenters. The van der Waals surface area contributed by atoms with Crippen LogP contribution in [0.5, 0.6) is 5.75 Å². The summed E-state index contributed by atoms with van der Waals surface area (Å²) in [7, 11) is 1.68. The van der Waals surface area contributed by atoms with Gasteiger partial charge in [0.25, 0.3) is 0 Å². The minimum atomic E-state index is 0.543. The van der Waals surface area contributed by atoms with Crippen LogP contribution >= 0.6 is 27.5 Å². The van der Waals surface area contributed by atoms with Gasteiger partial charge in [-0.15, -0.1) is 0 Å². The monoisotopic (exact) mass is 301 g/mol. The molecule has 0 aliphatic carbocycles. The molecular weight excluding hydrogens is 289 g/mol. The number of rotatable bonds is 3. The van der Waals surface area contributed by atoms with E-state index in [4.69, 9.17) is 16.3 Å². The van der Waals surface area contributed by atoms with E-state index >= 15 is 0 Å². The van der Waals surface area contributed by atoms with Crippen molar-refractivity contribution < 1.29 is 4.74 Å². The van der Waals surface area contributed by atoms with E-state index in [2.05, 4.69) is 27.8 Å². The van der Waals surface area contributed by atoms with Crippen LogP contribution in [0.25, 0.3) is 0 Å². The molecule has 0 amide bonds. The molecule has 0 spiro atoms. The van der Waals surface area contributed by atoms with Gasteiger partial charge in [0.2, 0.25) is 5.90 Å². The molecule has 86 valence electrons. The van der Waals surface area contributed by atoms with Gasteiger partial charge in [0.05, 0.1) is 5.02 Å². The second kappa shape index (κ2) is 6.71. The third-order valence-corrected chi connectivity index (χ3v) is 2.63. The lowest BCUT2D eigenvalue weighted by atomic mass is 10.3. The van der Waals surface area contributed by atoms with Crippen LogP contribution in [-0.4, -0.2) is 12.9 Å². The van der Waals surface area contributed by atoms with Crippen molar-refractivity contribution in [3.8, 4) is 5.75 Å². The number of aliphatic imine (C=N–C) groups is 1. The molecule has 0 fully saturated rings. The van der Waals surface area contributed by atoms with Gasteiger partial charge in [-0.05, 0) is 30.7 Å². The van der Waals surface area contributed by atoms with Crippen LogP contribution in [0.3, 0.4) is 0 Å². The van der Waals surface area contributed by atoms with E-state index in [9.17, 15) is 0 Å². The molecular formula is C12H13BrClNO. The first-order valence-electron chi connectivity index (χ1n) is 4.93. The predicted octanol–water partition coefficient (Wildman–Crippen LogP) is 4.48. The van der Waals surface area contributed by atoms with E-state index in [1.54, 1.807) is 13.1 Å². The Morgan fingerprint density at radius 1 is 1.56 bits per heavy atom. The van der Waals surface area contributed by atoms with Gasteiger partial charge in [0, 0.05) is 11.5 Å². The maximum atomic E-state index is 6.01. The van der Waals surface area contributed by atoms with Crippen molar-refractivity contribution in [2.75, 3.05) is 7.05 Å². The minimum Gasteiger partial charge on any atom is -0.438 e. The van der Waals surface area contributed by atoms with E-state index < -0.39 is 0 Å². The predicted molar refractivity (Wildman–Crippen MR) is 72.6 cm³/mol. The molecule has 4 heteroatoms. The van der Waals surface area contributed by atoms with Gasteiger partial charge in [0.1, 0.15) is 5.75 Å². The molecule has 0 saturated heterocycles. The fraction of sp³-hybridized carbons (Fsp3) is 0.250. The number of halogens is 2. The summed E-state index contributed by atoms with van der Waals surface area (Å²) in [6, 6.07) is 5.45. The van der Waals surface area contributed by atoms with Gasteiger partial charge in [-0.2, -0.15) is 0 Å². The molecule has 0 atom stereocenters. The number of ether oxygens (including phenoxy) is 1. The van der Waals surface area contributed by atoms with Gasteiger partial charge in [-0.25, -0.2) is 0 Å². The molecule has 2 nitrogen and oxygen atoms in total. The van der Waals surface area contributed by atoms with E-state index in [1.807, 2.05) is 24.3 Å². The summed E-state index contributed by atoms with van der Waals surface area (Å²) >= 11 is 9.37. The van der Waals surface area contributed by atoms with Gasteiger partial charge in [0.15, 0.2) is 0 Å². The summed E-state index contributed by atoms with van der Waals surface area (Å²) in [4.78, 5) is 4.03. The van der Waals surface area contributed by atoms with Crippen molar-refractivity contribution in [1.82, 2.24) is 0 Å². The molecule has 0 aromatic heterocycles. The van der Waals surface area contributed by atoms with Crippen molar-refractivity contribution >= 4 is 33.4 Å². The Morgan fingerprint density at radius 2 is 2.31 bits per heavy atom. The fourth-order valence-corrected chi connectivity index (χ4v) is 1.54. The van der Waals surface area contributed by atoms with Crippen LogP contribution in [0.15, 0.2) is 39.8 Å². The van der Waals surface area contributed by atoms with Crippen LogP contribution < -0.4 is 4.74 Å². The van der Waals surface area contributed by atoms with Crippen molar-refractivity contribution in [2.24, 2.45) is 4.99 Å². The standard InChI is InChI=1S/C12H13BrClNO/c1-3-4-5-12(15-2)16-11-8-9(13)6-7-10(11)14/h4-8H,3H2,1-2H3/b5-4-,15-12?. The molecule has 16 heavy (non-hydrogen) atoms. The SMILES string of the molecule is CC/C=C\C(=NC)Oc1cc(Br)ccc1Cl. The van der Waals surface area contributed by atoms with Gasteiger partial charge >= 0.3 is 0 Å². The van der Waals surface area contributed by atoms with E-state index in [1.165, 1.54) is 0 Å². The van der Waals surface area contributed by atoms with Crippen molar-refractivity contribution in [3.63, 3.8) is 0 Å². The summed E-state index contributed by atoms with van der Waals surface area (Å²) < 4.78 is 6.50. The van der Waals surface area contributed by atoms with Gasteiger partial charge < -0.3 is 4.74 Å². The highest BCUT2D eigenvalue weighted by Gasteiger charge is 2.04. The van der Waals surface area contributed by atoms with Crippen LogP contribution in [0, 0.1) is 0 Å². The first-order chi connectivity index (χ1) is 7.67. The molecule has 0 aliphatic rings. The lowest BCUT2D eigenvalue weighted by Crippen LogP contribution is -2.05. The maximum Gasteiger partial charge on any atom is 0.214 e. The molecule has 1 aromatic rings. The molecule has 0 bridgehead atoms. The Labute approximate surface area is 109 Å². The van der Waals surface area contributed by atoms with E-state index in [-0.39, 0.29) is 0 Å². The quantitative estimate of drug-likeness (QED) is 0.596. The fourth-order valence-electron chi connectivity index (χ4n) is 1.04. The number of hydrogen-bond donors (Lipinski definition) is 0. The molecule has 0 N–H and O–H groups in total. The van der Waals surface area contributed by atoms with Gasteiger partial charge in [-0.3, -0.25) is 4.99 Å². The molecule has 0 heterocycles. The van der Waals surface area contributed by atoms with Gasteiger partial charge in [-0.1, -0.05) is 40.5 Å². The topological polar surface area (TPSA) is 21.6 Å². The first kappa shape index (κ1) is 13.3. The van der Waals surface area contributed by atoms with Crippen molar-refractivity contribution in [1.29, 1.82) is 0 Å². The smallest absolute Gasteiger partial charge is 0.214 e. The normalized spacial score (nSPS) is 12.1. The molecule has 0 saturated carbocycles. The Balaban J connectivity index is 2.86.